The van der Waals surface area contributed by atoms with Crippen LogP contribution in [0, 0.1) is 0 Å². The molecule has 2 amide bonds. The first-order valence-corrected chi connectivity index (χ1v) is 10.7. The number of thiocarbonyl (C=S) groups is 1. The van der Waals surface area contributed by atoms with Crippen LogP contribution < -0.4 is 10.1 Å². The Hall–Kier alpha value is -2.32. The van der Waals surface area contributed by atoms with Gasteiger partial charge in [-0.15, -0.1) is 6.58 Å². The highest BCUT2D eigenvalue weighted by molar-refractivity contribution is 8.26. The van der Waals surface area contributed by atoms with Gasteiger partial charge in [0.05, 0.1) is 4.91 Å². The molecule has 0 unspecified atom stereocenters. The number of ether oxygens (including phenoxy) is 1. The van der Waals surface area contributed by atoms with Crippen LogP contribution in [0.3, 0.4) is 0 Å². The van der Waals surface area contributed by atoms with Crippen molar-refractivity contribution in [2.75, 3.05) is 18.5 Å². The number of rotatable bonds is 7. The Morgan fingerprint density at radius 1 is 1.20 bits per heavy atom. The van der Waals surface area contributed by atoms with Gasteiger partial charge in [-0.25, -0.2) is 0 Å². The van der Waals surface area contributed by atoms with Crippen molar-refractivity contribution >= 4 is 75.1 Å². The molecule has 1 saturated heterocycles. The largest absolute Gasteiger partial charge is 0.484 e. The van der Waals surface area contributed by atoms with Gasteiger partial charge in [-0.05, 0) is 42.0 Å². The Morgan fingerprint density at radius 2 is 1.87 bits per heavy atom. The molecule has 0 saturated carbocycles. The third-order valence-electron chi connectivity index (χ3n) is 3.88. The molecule has 1 aliphatic heterocycles. The molecule has 3 rings (SSSR count). The summed E-state index contributed by atoms with van der Waals surface area (Å²) in [6, 6.07) is 11.8. The van der Waals surface area contributed by atoms with E-state index < -0.39 is 0 Å². The van der Waals surface area contributed by atoms with Gasteiger partial charge in [0.1, 0.15) is 10.1 Å². The van der Waals surface area contributed by atoms with E-state index in [0.717, 1.165) is 5.56 Å². The van der Waals surface area contributed by atoms with Crippen LogP contribution in [-0.4, -0.2) is 34.2 Å². The van der Waals surface area contributed by atoms with Gasteiger partial charge in [0.25, 0.3) is 11.8 Å². The Labute approximate surface area is 193 Å². The second-order valence-corrected chi connectivity index (χ2v) is 8.69. The van der Waals surface area contributed by atoms with E-state index in [-0.39, 0.29) is 18.4 Å². The molecular formula is C21H16Cl2N2O3S2. The maximum atomic E-state index is 12.4. The average molecular weight is 479 g/mol. The van der Waals surface area contributed by atoms with E-state index in [1.165, 1.54) is 16.7 Å². The zero-order valence-corrected chi connectivity index (χ0v) is 18.7. The number of carbonyl (C=O) groups is 2. The summed E-state index contributed by atoms with van der Waals surface area (Å²) >= 11 is 18.3. The standard InChI is InChI=1S/C21H16Cl2N2O3S2/c1-2-7-25-20(27)18(30-21(25)29)8-13-3-5-17(6-4-13)28-12-19(26)24-16-10-14(22)9-15(23)11-16/h2-6,8-11H,1,7,12H2,(H,24,26)/b18-8-. The van der Waals surface area contributed by atoms with Gasteiger partial charge in [0.2, 0.25) is 0 Å². The van der Waals surface area contributed by atoms with Crippen molar-refractivity contribution in [2.45, 2.75) is 0 Å². The van der Waals surface area contributed by atoms with Gasteiger partial charge in [-0.2, -0.15) is 0 Å². The molecule has 1 aliphatic rings. The summed E-state index contributed by atoms with van der Waals surface area (Å²) < 4.78 is 6.01. The fourth-order valence-electron chi connectivity index (χ4n) is 2.57. The molecule has 0 spiro atoms. The van der Waals surface area contributed by atoms with E-state index in [4.69, 9.17) is 40.2 Å². The minimum absolute atomic E-state index is 0.136. The van der Waals surface area contributed by atoms with Crippen molar-refractivity contribution in [1.29, 1.82) is 0 Å². The molecule has 1 N–H and O–H groups in total. The molecule has 2 aromatic carbocycles. The molecule has 0 bridgehead atoms. The summed E-state index contributed by atoms with van der Waals surface area (Å²) in [5.74, 6) is 0.0388. The normalized spacial score (nSPS) is 14.9. The summed E-state index contributed by atoms with van der Waals surface area (Å²) in [5, 5.41) is 3.52. The van der Waals surface area contributed by atoms with Gasteiger partial charge in [0.15, 0.2) is 6.61 Å². The van der Waals surface area contributed by atoms with Crippen LogP contribution in [0.1, 0.15) is 5.56 Å². The molecule has 0 aliphatic carbocycles. The Bertz CT molecular complexity index is 1020. The van der Waals surface area contributed by atoms with Crippen molar-refractivity contribution in [3.63, 3.8) is 0 Å². The van der Waals surface area contributed by atoms with E-state index in [1.54, 1.807) is 54.6 Å². The zero-order chi connectivity index (χ0) is 21.7. The van der Waals surface area contributed by atoms with Crippen molar-refractivity contribution in [3.05, 3.63) is 75.6 Å². The fraction of sp³-hybridized carbons (Fsp3) is 0.0952. The highest BCUT2D eigenvalue weighted by Crippen LogP contribution is 2.32. The van der Waals surface area contributed by atoms with Gasteiger partial charge < -0.3 is 10.1 Å². The number of nitrogens with one attached hydrogen (secondary N) is 1. The fourth-order valence-corrected chi connectivity index (χ4v) is 4.37. The topological polar surface area (TPSA) is 58.6 Å². The number of amides is 2. The van der Waals surface area contributed by atoms with E-state index >= 15 is 0 Å². The molecule has 2 aromatic rings. The van der Waals surface area contributed by atoms with Crippen LogP contribution in [0.15, 0.2) is 60.0 Å². The molecule has 9 heteroatoms. The number of halogens is 2. The highest BCUT2D eigenvalue weighted by atomic mass is 35.5. The number of carbonyl (C=O) groups excluding carboxylic acids is 2. The van der Waals surface area contributed by atoms with E-state index in [0.29, 0.717) is 37.3 Å². The van der Waals surface area contributed by atoms with Gasteiger partial charge in [-0.1, -0.05) is 65.4 Å². The summed E-state index contributed by atoms with van der Waals surface area (Å²) in [7, 11) is 0. The van der Waals surface area contributed by atoms with E-state index in [1.807, 2.05) is 0 Å². The van der Waals surface area contributed by atoms with Crippen molar-refractivity contribution in [2.24, 2.45) is 0 Å². The number of hydrogen-bond donors (Lipinski definition) is 1. The minimum Gasteiger partial charge on any atom is -0.484 e. The number of nitrogens with zero attached hydrogens (tertiary/aromatic N) is 1. The third kappa shape index (κ3) is 5.86. The first kappa shape index (κ1) is 22.4. The van der Waals surface area contributed by atoms with Crippen molar-refractivity contribution < 1.29 is 14.3 Å². The maximum absolute atomic E-state index is 12.4. The Morgan fingerprint density at radius 3 is 2.50 bits per heavy atom. The highest BCUT2D eigenvalue weighted by Gasteiger charge is 2.30. The molecule has 1 fully saturated rings. The summed E-state index contributed by atoms with van der Waals surface area (Å²) in [5.41, 5.74) is 1.31. The Kier molecular flexibility index (Phi) is 7.55. The predicted octanol–water partition coefficient (Wildman–Crippen LogP) is 5.40. The van der Waals surface area contributed by atoms with Gasteiger partial charge in [-0.3, -0.25) is 14.5 Å². The van der Waals surface area contributed by atoms with Gasteiger partial charge in [0, 0.05) is 22.3 Å². The smallest absolute Gasteiger partial charge is 0.266 e. The van der Waals surface area contributed by atoms with Crippen LogP contribution in [0.2, 0.25) is 10.0 Å². The SMILES string of the molecule is C=CCN1C(=O)/C(=C/c2ccc(OCC(=O)Nc3cc(Cl)cc(Cl)c3)cc2)SC1=S. The van der Waals surface area contributed by atoms with Crippen LogP contribution in [0.25, 0.3) is 6.08 Å². The molecule has 0 atom stereocenters. The molecule has 5 nitrogen and oxygen atoms in total. The molecular weight excluding hydrogens is 463 g/mol. The van der Waals surface area contributed by atoms with Crippen molar-refractivity contribution in [3.8, 4) is 5.75 Å². The average Bonchev–Trinajstić information content (AvgIpc) is 2.94. The number of thioether (sulfide) groups is 1. The van der Waals surface area contributed by atoms with Crippen LogP contribution >= 0.6 is 47.2 Å². The number of benzene rings is 2. The lowest BCUT2D eigenvalue weighted by atomic mass is 10.2. The number of hydrogen-bond acceptors (Lipinski definition) is 5. The van der Waals surface area contributed by atoms with Crippen LogP contribution in [-0.2, 0) is 9.59 Å². The van der Waals surface area contributed by atoms with E-state index in [2.05, 4.69) is 11.9 Å². The molecule has 0 radical (unpaired) electrons. The second kappa shape index (κ2) is 10.1. The lowest BCUT2D eigenvalue weighted by Crippen LogP contribution is -2.27. The Balaban J connectivity index is 1.57. The minimum atomic E-state index is -0.344. The molecule has 0 aromatic heterocycles. The summed E-state index contributed by atoms with van der Waals surface area (Å²) in [6.07, 6.45) is 3.40. The predicted molar refractivity (Wildman–Crippen MR) is 127 cm³/mol. The first-order valence-electron chi connectivity index (χ1n) is 8.71. The van der Waals surface area contributed by atoms with Crippen LogP contribution in [0.5, 0.6) is 5.75 Å². The molecule has 30 heavy (non-hydrogen) atoms. The lowest BCUT2D eigenvalue weighted by molar-refractivity contribution is -0.121. The number of anilines is 1. The summed E-state index contributed by atoms with van der Waals surface area (Å²) in [6.45, 7) is 3.85. The summed E-state index contributed by atoms with van der Waals surface area (Å²) in [4.78, 5) is 26.5. The third-order valence-corrected chi connectivity index (χ3v) is 5.69. The first-order chi connectivity index (χ1) is 14.4. The molecule has 154 valence electrons. The molecule has 1 heterocycles. The maximum Gasteiger partial charge on any atom is 0.266 e. The quantitative estimate of drug-likeness (QED) is 0.328. The second-order valence-electron chi connectivity index (χ2n) is 6.15. The van der Waals surface area contributed by atoms with E-state index in [9.17, 15) is 9.59 Å². The van der Waals surface area contributed by atoms with Crippen LogP contribution in [0.4, 0.5) is 5.69 Å². The van der Waals surface area contributed by atoms with Gasteiger partial charge >= 0.3 is 0 Å². The monoisotopic (exact) mass is 478 g/mol. The lowest BCUT2D eigenvalue weighted by Gasteiger charge is -2.10. The van der Waals surface area contributed by atoms with Crippen molar-refractivity contribution in [1.82, 2.24) is 4.90 Å². The zero-order valence-electron chi connectivity index (χ0n) is 15.6.